The Labute approximate surface area is 109 Å². The maximum atomic E-state index is 12.0. The van der Waals surface area contributed by atoms with Crippen LogP contribution in [0, 0.1) is 0 Å². The largest absolute Gasteiger partial charge is 0.383 e. The molecule has 0 saturated heterocycles. The Kier molecular flexibility index (Phi) is 3.78. The second kappa shape index (κ2) is 5.32. The van der Waals surface area contributed by atoms with Crippen molar-refractivity contribution in [1.29, 1.82) is 0 Å². The summed E-state index contributed by atoms with van der Waals surface area (Å²) in [7, 11) is 1.61. The zero-order valence-electron chi connectivity index (χ0n) is 10.3. The molecule has 3 N–H and O–H groups in total. The molecule has 0 radical (unpaired) electrons. The van der Waals surface area contributed by atoms with Crippen molar-refractivity contribution in [3.8, 4) is 0 Å². The van der Waals surface area contributed by atoms with Gasteiger partial charge in [0.1, 0.15) is 0 Å². The fourth-order valence-corrected chi connectivity index (χ4v) is 2.46. The lowest BCUT2D eigenvalue weighted by Crippen LogP contribution is -2.35. The van der Waals surface area contributed by atoms with Crippen LogP contribution < -0.4 is 11.1 Å². The van der Waals surface area contributed by atoms with Gasteiger partial charge in [-0.3, -0.25) is 4.79 Å². The molecule has 0 saturated carbocycles. The van der Waals surface area contributed by atoms with Gasteiger partial charge >= 0.3 is 0 Å². The molecule has 0 aliphatic heterocycles. The summed E-state index contributed by atoms with van der Waals surface area (Å²) in [5.74, 6) is -0.117. The number of nitrogens with one attached hydrogen (secondary N) is 1. The number of methoxy groups -OCH3 is 1. The molecular formula is C12H15N3O2S. The lowest BCUT2D eigenvalue weighted by molar-refractivity contribution is 0.0905. The van der Waals surface area contributed by atoms with E-state index >= 15 is 0 Å². The van der Waals surface area contributed by atoms with Gasteiger partial charge < -0.3 is 15.8 Å². The molecule has 0 aliphatic rings. The molecule has 0 aliphatic carbocycles. The monoisotopic (exact) mass is 265 g/mol. The molecule has 1 aromatic carbocycles. The summed E-state index contributed by atoms with van der Waals surface area (Å²) in [6.07, 6.45) is 0. The van der Waals surface area contributed by atoms with Crippen molar-refractivity contribution in [1.82, 2.24) is 10.3 Å². The number of aromatic nitrogens is 1. The van der Waals surface area contributed by atoms with Crippen molar-refractivity contribution in [2.75, 3.05) is 19.5 Å². The summed E-state index contributed by atoms with van der Waals surface area (Å²) < 4.78 is 5.89. The first kappa shape index (κ1) is 12.8. The number of ether oxygens (including phenoxy) is 1. The van der Waals surface area contributed by atoms with Gasteiger partial charge in [0.25, 0.3) is 5.91 Å². The molecule has 1 aromatic heterocycles. The number of carbonyl (C=O) groups excluding carboxylic acids is 1. The molecule has 18 heavy (non-hydrogen) atoms. The SMILES string of the molecule is COCC(C)NC(=O)c1ccc2nc(N)sc2c1. The van der Waals surface area contributed by atoms with Gasteiger partial charge in [-0.15, -0.1) is 0 Å². The Bertz CT molecular complexity index is 567. The van der Waals surface area contributed by atoms with Crippen LogP contribution in [0.25, 0.3) is 10.2 Å². The summed E-state index contributed by atoms with van der Waals surface area (Å²) in [6.45, 7) is 2.38. The number of benzene rings is 1. The summed E-state index contributed by atoms with van der Waals surface area (Å²) in [4.78, 5) is 16.1. The molecule has 6 heteroatoms. The predicted molar refractivity (Wildman–Crippen MR) is 72.8 cm³/mol. The van der Waals surface area contributed by atoms with E-state index in [0.717, 1.165) is 10.2 Å². The Balaban J connectivity index is 2.17. The molecule has 0 bridgehead atoms. The number of nitrogens with two attached hydrogens (primary N) is 1. The zero-order chi connectivity index (χ0) is 13.1. The molecule has 1 unspecified atom stereocenters. The van der Waals surface area contributed by atoms with Gasteiger partial charge in [-0.05, 0) is 25.1 Å². The van der Waals surface area contributed by atoms with Crippen LogP contribution >= 0.6 is 11.3 Å². The van der Waals surface area contributed by atoms with Crippen LogP contribution in [0.3, 0.4) is 0 Å². The second-order valence-corrected chi connectivity index (χ2v) is 5.13. The molecule has 1 atom stereocenters. The number of rotatable bonds is 4. The van der Waals surface area contributed by atoms with Crippen molar-refractivity contribution in [3.05, 3.63) is 23.8 Å². The van der Waals surface area contributed by atoms with Crippen LogP contribution in [0.4, 0.5) is 5.13 Å². The lowest BCUT2D eigenvalue weighted by Gasteiger charge is -2.12. The minimum Gasteiger partial charge on any atom is -0.383 e. The van der Waals surface area contributed by atoms with Gasteiger partial charge in [-0.25, -0.2) is 4.98 Å². The third-order valence-electron chi connectivity index (χ3n) is 2.46. The molecule has 1 amide bonds. The fraction of sp³-hybridized carbons (Fsp3) is 0.333. The van der Waals surface area contributed by atoms with E-state index in [1.807, 2.05) is 6.92 Å². The van der Waals surface area contributed by atoms with Gasteiger partial charge in [0.15, 0.2) is 5.13 Å². The summed E-state index contributed by atoms with van der Waals surface area (Å²) in [5.41, 5.74) is 7.05. The highest BCUT2D eigenvalue weighted by atomic mass is 32.1. The van der Waals surface area contributed by atoms with E-state index in [1.54, 1.807) is 25.3 Å². The third-order valence-corrected chi connectivity index (χ3v) is 3.31. The number of hydrogen-bond acceptors (Lipinski definition) is 5. The minimum absolute atomic E-state index is 0.0234. The Morgan fingerprint density at radius 1 is 1.61 bits per heavy atom. The van der Waals surface area contributed by atoms with Crippen molar-refractivity contribution in [3.63, 3.8) is 0 Å². The quantitative estimate of drug-likeness (QED) is 0.881. The number of carbonyl (C=O) groups is 1. The van der Waals surface area contributed by atoms with E-state index in [0.29, 0.717) is 17.3 Å². The summed E-state index contributed by atoms with van der Waals surface area (Å²) in [5, 5.41) is 3.37. The highest BCUT2D eigenvalue weighted by Crippen LogP contribution is 2.24. The van der Waals surface area contributed by atoms with Crippen LogP contribution in [0.1, 0.15) is 17.3 Å². The summed E-state index contributed by atoms with van der Waals surface area (Å²) >= 11 is 1.37. The van der Waals surface area contributed by atoms with E-state index in [-0.39, 0.29) is 11.9 Å². The lowest BCUT2D eigenvalue weighted by atomic mass is 10.2. The summed E-state index contributed by atoms with van der Waals surface area (Å²) in [6, 6.07) is 5.33. The van der Waals surface area contributed by atoms with Gasteiger partial charge in [0.2, 0.25) is 0 Å². The van der Waals surface area contributed by atoms with E-state index in [9.17, 15) is 4.79 Å². The molecule has 96 valence electrons. The van der Waals surface area contributed by atoms with Gasteiger partial charge in [-0.2, -0.15) is 0 Å². The van der Waals surface area contributed by atoms with Crippen molar-refractivity contribution >= 4 is 32.6 Å². The highest BCUT2D eigenvalue weighted by Gasteiger charge is 2.11. The average molecular weight is 265 g/mol. The molecule has 1 heterocycles. The molecule has 5 nitrogen and oxygen atoms in total. The average Bonchev–Trinajstić information content (AvgIpc) is 2.68. The smallest absolute Gasteiger partial charge is 0.251 e. The Morgan fingerprint density at radius 2 is 2.39 bits per heavy atom. The molecular weight excluding hydrogens is 250 g/mol. The number of nitrogens with zero attached hydrogens (tertiary/aromatic N) is 1. The zero-order valence-corrected chi connectivity index (χ0v) is 11.1. The highest BCUT2D eigenvalue weighted by molar-refractivity contribution is 7.22. The van der Waals surface area contributed by atoms with Gasteiger partial charge in [0, 0.05) is 18.7 Å². The van der Waals surface area contributed by atoms with Crippen LogP contribution in [0.5, 0.6) is 0 Å². The molecule has 2 aromatic rings. The van der Waals surface area contributed by atoms with Crippen molar-refractivity contribution < 1.29 is 9.53 Å². The van der Waals surface area contributed by atoms with E-state index in [1.165, 1.54) is 11.3 Å². The normalized spacial score (nSPS) is 12.6. The van der Waals surface area contributed by atoms with Crippen LogP contribution in [-0.2, 0) is 4.74 Å². The Hall–Kier alpha value is -1.66. The number of anilines is 1. The first-order valence-corrected chi connectivity index (χ1v) is 6.37. The molecule has 0 fully saturated rings. The number of amides is 1. The first-order chi connectivity index (χ1) is 8.60. The number of thiazole rings is 1. The number of fused-ring (bicyclic) bond motifs is 1. The molecule has 2 rings (SSSR count). The van der Waals surface area contributed by atoms with Crippen LogP contribution in [-0.4, -0.2) is 30.6 Å². The maximum Gasteiger partial charge on any atom is 0.251 e. The van der Waals surface area contributed by atoms with Gasteiger partial charge in [-0.1, -0.05) is 11.3 Å². The van der Waals surface area contributed by atoms with Crippen LogP contribution in [0.15, 0.2) is 18.2 Å². The standard InChI is InChI=1S/C12H15N3O2S/c1-7(6-17-2)14-11(16)8-3-4-9-10(5-8)18-12(13)15-9/h3-5,7H,6H2,1-2H3,(H2,13,15)(H,14,16). The van der Waals surface area contributed by atoms with Crippen molar-refractivity contribution in [2.24, 2.45) is 0 Å². The van der Waals surface area contributed by atoms with Crippen molar-refractivity contribution in [2.45, 2.75) is 13.0 Å². The van der Waals surface area contributed by atoms with E-state index < -0.39 is 0 Å². The predicted octanol–water partition coefficient (Wildman–Crippen LogP) is 1.64. The minimum atomic E-state index is -0.117. The fourth-order valence-electron chi connectivity index (χ4n) is 1.68. The first-order valence-electron chi connectivity index (χ1n) is 5.56. The van der Waals surface area contributed by atoms with E-state index in [4.69, 9.17) is 10.5 Å². The second-order valence-electron chi connectivity index (χ2n) is 4.06. The molecule has 0 spiro atoms. The topological polar surface area (TPSA) is 77.2 Å². The van der Waals surface area contributed by atoms with Crippen LogP contribution in [0.2, 0.25) is 0 Å². The van der Waals surface area contributed by atoms with Gasteiger partial charge in [0.05, 0.1) is 16.8 Å². The third kappa shape index (κ3) is 2.77. The van der Waals surface area contributed by atoms with E-state index in [2.05, 4.69) is 10.3 Å². The number of hydrogen-bond donors (Lipinski definition) is 2. The maximum absolute atomic E-state index is 12.0. The number of nitrogen functional groups attached to an aromatic ring is 1. The Morgan fingerprint density at radius 3 is 3.11 bits per heavy atom.